The monoisotopic (exact) mass is 1400 g/mol. The van der Waals surface area contributed by atoms with Gasteiger partial charge in [-0.25, -0.2) is 9.59 Å². The first-order valence-electron chi connectivity index (χ1n) is 34.6. The molecular formula is C85H101BrN10O4. The van der Waals surface area contributed by atoms with E-state index in [-0.39, 0.29) is 31.7 Å². The SMILES string of the molecule is C.C[C@H](CCCCc1ccc(-c2ccncc2)cc1)NCc1ccc2cnccc2c1.C[C@H](CN(CCc1ccc(-c2ccncc2)cc1)C(=O)OC(C)(C)C)NCc1ccc2cnccc2c1.C[C@H](CN(CCc1ccc(Br)cc1)C(=O)OC(C)(C)C)NCc1ccc2cnccc2c1. The zero-order valence-electron chi connectivity index (χ0n) is 59.0. The smallest absolute Gasteiger partial charge is 0.410 e. The van der Waals surface area contributed by atoms with Gasteiger partial charge in [0, 0.05) is 147 Å². The molecule has 0 aliphatic carbocycles. The summed E-state index contributed by atoms with van der Waals surface area (Å²) >= 11 is 3.47. The molecule has 2 amide bonds. The Kier molecular flexibility index (Phi) is 29.3. The van der Waals surface area contributed by atoms with E-state index in [1.54, 1.807) is 17.3 Å². The highest BCUT2D eigenvalue weighted by Gasteiger charge is 2.25. The second kappa shape index (κ2) is 38.4. The number of carbonyl (C=O) groups excluding carboxylic acids is 2. The Bertz CT molecular complexity index is 4260. The average molecular weight is 1410 g/mol. The Hall–Kier alpha value is -9.25. The van der Waals surface area contributed by atoms with Crippen LogP contribution in [0, 0.1) is 0 Å². The number of aryl methyl sites for hydroxylation is 1. The number of nitrogens with zero attached hydrogens (tertiary/aromatic N) is 7. The van der Waals surface area contributed by atoms with Crippen LogP contribution in [-0.2, 0) is 48.4 Å². The van der Waals surface area contributed by atoms with E-state index in [4.69, 9.17) is 9.47 Å². The number of unbranched alkanes of at least 4 members (excludes halogenated alkanes) is 1. The maximum Gasteiger partial charge on any atom is 0.410 e. The second-order valence-corrected chi connectivity index (χ2v) is 28.5. The molecule has 3 N–H and O–H groups in total. The highest BCUT2D eigenvalue weighted by Crippen LogP contribution is 2.24. The number of amides is 2. The molecule has 11 aromatic rings. The van der Waals surface area contributed by atoms with Crippen molar-refractivity contribution in [1.29, 1.82) is 0 Å². The molecule has 0 spiro atoms. The number of benzene rings is 6. The lowest BCUT2D eigenvalue weighted by Crippen LogP contribution is -2.45. The summed E-state index contributed by atoms with van der Waals surface area (Å²) in [6.45, 7) is 22.6. The standard InChI is InChI=1S/C31H36N4O2.C27H29N3.C26H32BrN3O2.CH4/c1-23(34-20-25-7-10-29-21-33-17-13-28(29)19-25)22-35(30(36)37-31(2,3)4)18-14-24-5-8-26(9-6-24)27-11-15-32-16-12-27;1-21(30-19-23-8-11-27-20-29-17-14-26(27)18-23)4-2-3-5-22-6-9-24(10-7-22)25-12-15-28-16-13-25;1-19(29-16-21-5-8-23-17-28-13-11-22(23)15-21)18-30(25(31)32-26(2,3)4)14-12-20-6-9-24(27)10-7-20;/h5-13,15-17,19,21,23,34H,14,18,20,22H2,1-4H3;6-18,20-21,30H,2-5,19H2,1H3;5-11,13,15,17,19,29H,12,14,16,18H2,1-4H3;1H4/t23-;21-;19-;/m111./s1. The van der Waals surface area contributed by atoms with E-state index < -0.39 is 11.2 Å². The van der Waals surface area contributed by atoms with E-state index in [1.165, 1.54) is 85.3 Å². The number of carbonyl (C=O) groups is 2. The third kappa shape index (κ3) is 25.8. The molecule has 5 heterocycles. The molecule has 5 aromatic heterocycles. The van der Waals surface area contributed by atoms with Crippen LogP contribution in [0.25, 0.3) is 54.6 Å². The number of pyridine rings is 5. The van der Waals surface area contributed by atoms with Gasteiger partial charge in [0.25, 0.3) is 0 Å². The zero-order chi connectivity index (χ0) is 70.0. The molecular weight excluding hydrogens is 1300 g/mol. The van der Waals surface area contributed by atoms with E-state index in [0.29, 0.717) is 32.2 Å². The van der Waals surface area contributed by atoms with Gasteiger partial charge in [0.05, 0.1) is 0 Å². The summed E-state index contributed by atoms with van der Waals surface area (Å²) in [5, 5.41) is 17.8. The van der Waals surface area contributed by atoms with Crippen molar-refractivity contribution in [3.63, 3.8) is 0 Å². The third-order valence-electron chi connectivity index (χ3n) is 16.9. The van der Waals surface area contributed by atoms with Gasteiger partial charge in [-0.3, -0.25) is 24.9 Å². The van der Waals surface area contributed by atoms with Crippen molar-refractivity contribution in [2.75, 3.05) is 26.2 Å². The zero-order valence-corrected chi connectivity index (χ0v) is 60.6. The predicted octanol–water partition coefficient (Wildman–Crippen LogP) is 19.0. The number of fused-ring (bicyclic) bond motifs is 3. The van der Waals surface area contributed by atoms with Crippen LogP contribution in [0.15, 0.2) is 236 Å². The van der Waals surface area contributed by atoms with Crippen LogP contribution in [0.3, 0.4) is 0 Å². The lowest BCUT2D eigenvalue weighted by atomic mass is 10.0. The van der Waals surface area contributed by atoms with Crippen molar-refractivity contribution < 1.29 is 19.1 Å². The first-order chi connectivity index (χ1) is 47.7. The summed E-state index contributed by atoms with van der Waals surface area (Å²) in [4.78, 5) is 50.2. The molecule has 0 fully saturated rings. The van der Waals surface area contributed by atoms with Crippen molar-refractivity contribution in [1.82, 2.24) is 50.7 Å². The minimum atomic E-state index is -0.544. The van der Waals surface area contributed by atoms with Gasteiger partial charge >= 0.3 is 12.2 Å². The number of aromatic nitrogens is 5. The van der Waals surface area contributed by atoms with Gasteiger partial charge < -0.3 is 35.2 Å². The summed E-state index contributed by atoms with van der Waals surface area (Å²) in [5.41, 5.74) is 11.2. The fourth-order valence-corrected chi connectivity index (χ4v) is 11.7. The van der Waals surface area contributed by atoms with Crippen molar-refractivity contribution >= 4 is 60.4 Å². The van der Waals surface area contributed by atoms with Gasteiger partial charge in [0.15, 0.2) is 0 Å². The molecule has 0 saturated carbocycles. The number of halogens is 1. The van der Waals surface area contributed by atoms with Crippen molar-refractivity contribution in [2.24, 2.45) is 0 Å². The van der Waals surface area contributed by atoms with E-state index in [0.717, 1.165) is 65.3 Å². The minimum absolute atomic E-state index is 0. The number of ether oxygens (including phenoxy) is 2. The molecule has 100 heavy (non-hydrogen) atoms. The average Bonchev–Trinajstić information content (AvgIpc) is 0.915. The van der Waals surface area contributed by atoms with Gasteiger partial charge in [0.1, 0.15) is 11.2 Å². The maximum absolute atomic E-state index is 13.0. The molecule has 0 radical (unpaired) electrons. The summed E-state index contributed by atoms with van der Waals surface area (Å²) in [6.07, 6.45) is 24.2. The molecule has 15 heteroatoms. The highest BCUT2D eigenvalue weighted by molar-refractivity contribution is 9.10. The van der Waals surface area contributed by atoms with Gasteiger partial charge in [-0.15, -0.1) is 0 Å². The topological polar surface area (TPSA) is 160 Å². The summed E-state index contributed by atoms with van der Waals surface area (Å²) in [5.74, 6) is 0. The van der Waals surface area contributed by atoms with E-state index in [2.05, 4.69) is 211 Å². The Labute approximate surface area is 602 Å². The van der Waals surface area contributed by atoms with Crippen LogP contribution in [0.4, 0.5) is 9.59 Å². The minimum Gasteiger partial charge on any atom is -0.444 e. The fourth-order valence-electron chi connectivity index (χ4n) is 11.4. The fraction of sp³-hybridized carbons (Fsp3) is 0.329. The quantitative estimate of drug-likeness (QED) is 0.0441. The van der Waals surface area contributed by atoms with E-state index >= 15 is 0 Å². The van der Waals surface area contributed by atoms with Crippen molar-refractivity contribution in [3.05, 3.63) is 270 Å². The van der Waals surface area contributed by atoms with E-state index in [1.807, 2.05) is 132 Å². The van der Waals surface area contributed by atoms with Crippen LogP contribution < -0.4 is 16.0 Å². The second-order valence-electron chi connectivity index (χ2n) is 27.6. The Morgan fingerprint density at radius 3 is 1.08 bits per heavy atom. The molecule has 6 aromatic carbocycles. The lowest BCUT2D eigenvalue weighted by Gasteiger charge is -2.29. The van der Waals surface area contributed by atoms with Crippen LogP contribution in [-0.4, -0.2) is 102 Å². The Morgan fingerprint density at radius 2 is 0.710 bits per heavy atom. The molecule has 0 aliphatic rings. The van der Waals surface area contributed by atoms with Gasteiger partial charge in [-0.2, -0.15) is 0 Å². The lowest BCUT2D eigenvalue weighted by molar-refractivity contribution is 0.0227. The highest BCUT2D eigenvalue weighted by atomic mass is 79.9. The number of rotatable bonds is 26. The number of hydrogen-bond acceptors (Lipinski definition) is 12. The van der Waals surface area contributed by atoms with Crippen molar-refractivity contribution in [3.8, 4) is 22.3 Å². The van der Waals surface area contributed by atoms with Crippen LogP contribution in [0.5, 0.6) is 0 Å². The molecule has 3 atom stereocenters. The van der Waals surface area contributed by atoms with E-state index in [9.17, 15) is 9.59 Å². The first-order valence-corrected chi connectivity index (χ1v) is 35.4. The summed E-state index contributed by atoms with van der Waals surface area (Å²) < 4.78 is 12.4. The number of nitrogens with one attached hydrogen (secondary N) is 3. The largest absolute Gasteiger partial charge is 0.444 e. The van der Waals surface area contributed by atoms with Gasteiger partial charge in [-0.1, -0.05) is 127 Å². The Balaban J connectivity index is 0.000000191. The van der Waals surface area contributed by atoms with Gasteiger partial charge in [0.2, 0.25) is 0 Å². The molecule has 0 aliphatic heterocycles. The molecule has 0 saturated heterocycles. The molecule has 11 rings (SSSR count). The summed E-state index contributed by atoms with van der Waals surface area (Å²) in [7, 11) is 0. The third-order valence-corrected chi connectivity index (χ3v) is 17.4. The normalized spacial score (nSPS) is 12.2. The molecule has 522 valence electrons. The maximum atomic E-state index is 13.0. The van der Waals surface area contributed by atoms with Crippen molar-refractivity contribution in [2.45, 2.75) is 157 Å². The molecule has 14 nitrogen and oxygen atoms in total. The first kappa shape index (κ1) is 76.5. The summed E-state index contributed by atoms with van der Waals surface area (Å²) in [6, 6.07) is 60.0. The molecule has 0 unspecified atom stereocenters. The van der Waals surface area contributed by atoms with Crippen LogP contribution >= 0.6 is 15.9 Å². The molecule has 0 bridgehead atoms. The van der Waals surface area contributed by atoms with Gasteiger partial charge in [-0.05, 0) is 239 Å². The van der Waals surface area contributed by atoms with Crippen LogP contribution in [0.2, 0.25) is 0 Å². The number of hydrogen-bond donors (Lipinski definition) is 3. The van der Waals surface area contributed by atoms with Crippen LogP contribution in [0.1, 0.15) is 122 Å². The predicted molar refractivity (Wildman–Crippen MR) is 415 cm³/mol. The Morgan fingerprint density at radius 1 is 0.390 bits per heavy atom.